The first-order valence-electron chi connectivity index (χ1n) is 6.76. The van der Waals surface area contributed by atoms with Gasteiger partial charge in [-0.25, -0.2) is 17.5 Å². The number of hydrogen-bond donors (Lipinski definition) is 0. The van der Waals surface area contributed by atoms with Gasteiger partial charge in [-0.05, 0) is 47.5 Å². The molecule has 22 heavy (non-hydrogen) atoms. The lowest BCUT2D eigenvalue weighted by Gasteiger charge is -2.18. The average Bonchev–Trinajstić information content (AvgIpc) is 2.47. The Morgan fingerprint density at radius 2 is 2.05 bits per heavy atom. The maximum atomic E-state index is 12.5. The van der Waals surface area contributed by atoms with Crippen molar-refractivity contribution >= 4 is 31.9 Å². The van der Waals surface area contributed by atoms with E-state index < -0.39 is 16.0 Å². The first kappa shape index (κ1) is 19.1. The predicted molar refractivity (Wildman–Crippen MR) is 86.4 cm³/mol. The highest BCUT2D eigenvalue weighted by Crippen LogP contribution is 2.26. The van der Waals surface area contributed by atoms with Crippen LogP contribution in [-0.4, -0.2) is 52.6 Å². The Kier molecular flexibility index (Phi) is 7.47. The summed E-state index contributed by atoms with van der Waals surface area (Å²) in [5.41, 5.74) is 0.301. The third kappa shape index (κ3) is 4.77. The zero-order valence-corrected chi connectivity index (χ0v) is 15.2. The highest BCUT2D eigenvalue weighted by atomic mass is 79.9. The van der Waals surface area contributed by atoms with E-state index in [0.717, 1.165) is 0 Å². The molecule has 1 aromatic carbocycles. The summed E-state index contributed by atoms with van der Waals surface area (Å²) >= 11 is 3.21. The first-order chi connectivity index (χ1) is 10.3. The summed E-state index contributed by atoms with van der Waals surface area (Å²) in [6.07, 6.45) is 0.602. The fraction of sp³-hybridized carbons (Fsp3) is 0.500. The molecule has 0 aliphatic carbocycles. The topological polar surface area (TPSA) is 72.9 Å². The van der Waals surface area contributed by atoms with E-state index in [9.17, 15) is 13.2 Å². The van der Waals surface area contributed by atoms with Crippen molar-refractivity contribution in [2.24, 2.45) is 0 Å². The number of benzene rings is 1. The number of ether oxygens (including phenoxy) is 2. The molecule has 0 unspecified atom stereocenters. The molecule has 0 fully saturated rings. The van der Waals surface area contributed by atoms with E-state index in [0.29, 0.717) is 29.6 Å². The summed E-state index contributed by atoms with van der Waals surface area (Å²) in [6.45, 7) is 2.81. The van der Waals surface area contributed by atoms with Gasteiger partial charge < -0.3 is 9.47 Å². The molecule has 0 bridgehead atoms. The summed E-state index contributed by atoms with van der Waals surface area (Å²) in [5, 5.41) is 0. The summed E-state index contributed by atoms with van der Waals surface area (Å²) in [6, 6.07) is 4.30. The van der Waals surface area contributed by atoms with E-state index in [4.69, 9.17) is 9.47 Å². The van der Waals surface area contributed by atoms with E-state index in [1.165, 1.54) is 29.6 Å². The van der Waals surface area contributed by atoms with Crippen LogP contribution in [0, 0.1) is 0 Å². The van der Waals surface area contributed by atoms with Crippen molar-refractivity contribution in [3.63, 3.8) is 0 Å². The molecule has 8 heteroatoms. The van der Waals surface area contributed by atoms with Crippen molar-refractivity contribution in [3.8, 4) is 0 Å². The van der Waals surface area contributed by atoms with Crippen molar-refractivity contribution in [3.05, 3.63) is 28.2 Å². The number of carbonyl (C=O) groups is 1. The van der Waals surface area contributed by atoms with Gasteiger partial charge in [0, 0.05) is 31.8 Å². The van der Waals surface area contributed by atoms with Crippen LogP contribution in [0.3, 0.4) is 0 Å². The predicted octanol–water partition coefficient (Wildman–Crippen LogP) is 2.28. The summed E-state index contributed by atoms with van der Waals surface area (Å²) in [7, 11) is -0.547. The lowest BCUT2D eigenvalue weighted by atomic mass is 10.2. The molecule has 0 aromatic heterocycles. The number of esters is 1. The molecular formula is C14H20BrNO5S. The molecule has 0 saturated heterocycles. The molecule has 0 heterocycles. The van der Waals surface area contributed by atoms with Crippen molar-refractivity contribution in [2.45, 2.75) is 18.2 Å². The molecule has 0 N–H and O–H groups in total. The zero-order chi connectivity index (χ0) is 16.8. The van der Waals surface area contributed by atoms with Crippen LogP contribution in [0.1, 0.15) is 23.7 Å². The number of nitrogens with zero attached hydrogens (tertiary/aromatic N) is 1. The second-order valence-electron chi connectivity index (χ2n) is 4.54. The molecule has 0 atom stereocenters. The van der Waals surface area contributed by atoms with Crippen molar-refractivity contribution < 1.29 is 22.7 Å². The Morgan fingerprint density at radius 1 is 1.36 bits per heavy atom. The lowest BCUT2D eigenvalue weighted by molar-refractivity contribution is 0.0526. The van der Waals surface area contributed by atoms with E-state index >= 15 is 0 Å². The molecule has 0 amide bonds. The fourth-order valence-corrected chi connectivity index (χ4v) is 4.01. The van der Waals surface area contributed by atoms with Gasteiger partial charge in [0.15, 0.2) is 0 Å². The van der Waals surface area contributed by atoms with Crippen LogP contribution >= 0.6 is 15.9 Å². The Balaban J connectivity index is 2.98. The first-order valence-corrected chi connectivity index (χ1v) is 8.99. The van der Waals surface area contributed by atoms with Gasteiger partial charge in [-0.1, -0.05) is 0 Å². The third-order valence-corrected chi connectivity index (χ3v) is 5.79. The highest BCUT2D eigenvalue weighted by Gasteiger charge is 2.24. The van der Waals surface area contributed by atoms with Gasteiger partial charge in [-0.2, -0.15) is 0 Å². The van der Waals surface area contributed by atoms with Crippen LogP contribution in [-0.2, 0) is 19.5 Å². The Bertz CT molecular complexity index is 618. The van der Waals surface area contributed by atoms with E-state index in [1.807, 2.05) is 0 Å². The molecule has 0 saturated carbocycles. The van der Waals surface area contributed by atoms with E-state index in [1.54, 1.807) is 14.0 Å². The van der Waals surface area contributed by atoms with Crippen LogP contribution in [0.4, 0.5) is 0 Å². The van der Waals surface area contributed by atoms with Crippen LogP contribution in [0.5, 0.6) is 0 Å². The smallest absolute Gasteiger partial charge is 0.338 e. The molecule has 124 valence electrons. The third-order valence-electron chi connectivity index (χ3n) is 2.95. The quantitative estimate of drug-likeness (QED) is 0.500. The minimum Gasteiger partial charge on any atom is -0.462 e. The molecule has 0 aliphatic heterocycles. The van der Waals surface area contributed by atoms with Gasteiger partial charge in [-0.3, -0.25) is 0 Å². The van der Waals surface area contributed by atoms with Gasteiger partial charge >= 0.3 is 5.97 Å². The number of methoxy groups -OCH3 is 1. The van der Waals surface area contributed by atoms with Crippen molar-refractivity contribution in [1.29, 1.82) is 0 Å². The number of rotatable bonds is 8. The minimum atomic E-state index is -3.63. The van der Waals surface area contributed by atoms with Crippen LogP contribution in [0.15, 0.2) is 27.6 Å². The standard InChI is InChI=1S/C14H20BrNO5S/c1-4-21-14(17)11-6-7-13(12(15)10-11)22(18,19)16(2)8-5-9-20-3/h6-7,10H,4-5,8-9H2,1-3H3. The highest BCUT2D eigenvalue weighted by molar-refractivity contribution is 9.10. The second kappa shape index (κ2) is 8.61. The normalized spacial score (nSPS) is 11.7. The fourth-order valence-electron chi connectivity index (χ4n) is 1.77. The van der Waals surface area contributed by atoms with Crippen LogP contribution in [0.25, 0.3) is 0 Å². The molecule has 0 radical (unpaired) electrons. The summed E-state index contributed by atoms with van der Waals surface area (Å²) in [4.78, 5) is 11.8. The summed E-state index contributed by atoms with van der Waals surface area (Å²) in [5.74, 6) is -0.486. The summed E-state index contributed by atoms with van der Waals surface area (Å²) < 4.78 is 36.4. The van der Waals surface area contributed by atoms with E-state index in [-0.39, 0.29) is 11.5 Å². The van der Waals surface area contributed by atoms with Gasteiger partial charge in [0.25, 0.3) is 0 Å². The SMILES string of the molecule is CCOC(=O)c1ccc(S(=O)(=O)N(C)CCCOC)c(Br)c1. The van der Waals surface area contributed by atoms with Crippen LogP contribution in [0.2, 0.25) is 0 Å². The molecule has 0 aliphatic rings. The van der Waals surface area contributed by atoms with Crippen LogP contribution < -0.4 is 0 Å². The maximum Gasteiger partial charge on any atom is 0.338 e. The Hall–Kier alpha value is -0.960. The van der Waals surface area contributed by atoms with Gasteiger partial charge in [0.05, 0.1) is 17.1 Å². The van der Waals surface area contributed by atoms with Gasteiger partial charge in [0.2, 0.25) is 10.0 Å². The van der Waals surface area contributed by atoms with Gasteiger partial charge in [0.1, 0.15) is 0 Å². The molecule has 0 spiro atoms. The lowest BCUT2D eigenvalue weighted by Crippen LogP contribution is -2.29. The minimum absolute atomic E-state index is 0.112. The second-order valence-corrected chi connectivity index (χ2v) is 7.41. The Labute approximate surface area is 139 Å². The number of sulfonamides is 1. The number of hydrogen-bond acceptors (Lipinski definition) is 5. The van der Waals surface area contributed by atoms with E-state index in [2.05, 4.69) is 15.9 Å². The average molecular weight is 394 g/mol. The number of carbonyl (C=O) groups excluding carboxylic acids is 1. The number of halogens is 1. The molecule has 1 rings (SSSR count). The molecular weight excluding hydrogens is 374 g/mol. The Morgan fingerprint density at radius 3 is 2.59 bits per heavy atom. The zero-order valence-electron chi connectivity index (χ0n) is 12.8. The largest absolute Gasteiger partial charge is 0.462 e. The van der Waals surface area contributed by atoms with Crippen molar-refractivity contribution in [1.82, 2.24) is 4.31 Å². The van der Waals surface area contributed by atoms with Gasteiger partial charge in [-0.15, -0.1) is 0 Å². The maximum absolute atomic E-state index is 12.5. The van der Waals surface area contributed by atoms with Crippen molar-refractivity contribution in [2.75, 3.05) is 33.9 Å². The molecule has 6 nitrogen and oxygen atoms in total. The molecule has 1 aromatic rings. The monoisotopic (exact) mass is 393 g/mol.